The van der Waals surface area contributed by atoms with Crippen molar-refractivity contribution in [3.63, 3.8) is 0 Å². The third-order valence-corrected chi connectivity index (χ3v) is 12.0. The highest BCUT2D eigenvalue weighted by Gasteiger charge is 2.15. The minimum atomic E-state index is 0.933. The number of para-hydroxylation sites is 1. The lowest BCUT2D eigenvalue weighted by atomic mass is 9.92. The Morgan fingerprint density at radius 1 is 0.296 bits per heavy atom. The number of hydrogen-bond acceptors (Lipinski definition) is 2. The predicted octanol–water partition coefficient (Wildman–Crippen LogP) is 15.5. The molecule has 0 saturated heterocycles. The van der Waals surface area contributed by atoms with Crippen LogP contribution < -0.4 is 0 Å². The van der Waals surface area contributed by atoms with Gasteiger partial charge in [-0.3, -0.25) is 0 Å². The zero-order valence-corrected chi connectivity index (χ0v) is 30.1. The first kappa shape index (κ1) is 30.8. The van der Waals surface area contributed by atoms with Crippen molar-refractivity contribution < 1.29 is 4.42 Å². The molecule has 0 aliphatic carbocycles. The van der Waals surface area contributed by atoms with E-state index in [0.29, 0.717) is 0 Å². The molecule has 54 heavy (non-hydrogen) atoms. The van der Waals surface area contributed by atoms with Gasteiger partial charge in [0.2, 0.25) is 0 Å². The van der Waals surface area contributed by atoms with Crippen LogP contribution in [0.2, 0.25) is 0 Å². The number of rotatable bonds is 3. The second-order valence-corrected chi connectivity index (χ2v) is 15.1. The van der Waals surface area contributed by atoms with Crippen molar-refractivity contribution in [2.45, 2.75) is 0 Å². The molecule has 0 bridgehead atoms. The summed E-state index contributed by atoms with van der Waals surface area (Å²) in [4.78, 5) is 0. The fourth-order valence-electron chi connectivity index (χ4n) is 8.33. The first-order valence-corrected chi connectivity index (χ1v) is 19.2. The maximum atomic E-state index is 6.41. The van der Waals surface area contributed by atoms with Crippen molar-refractivity contribution >= 4 is 85.8 Å². The van der Waals surface area contributed by atoms with Crippen LogP contribution in [-0.2, 0) is 0 Å². The predicted molar refractivity (Wildman–Crippen MR) is 233 cm³/mol. The van der Waals surface area contributed by atoms with Gasteiger partial charge in [-0.15, -0.1) is 11.3 Å². The topological polar surface area (TPSA) is 13.1 Å². The summed E-state index contributed by atoms with van der Waals surface area (Å²) in [6, 6.07) is 70.6. The summed E-state index contributed by atoms with van der Waals surface area (Å²) in [5.41, 5.74) is 9.12. The number of thiophene rings is 1. The van der Waals surface area contributed by atoms with E-state index in [4.69, 9.17) is 4.42 Å². The molecule has 0 atom stereocenters. The highest BCUT2D eigenvalue weighted by molar-refractivity contribution is 7.25. The summed E-state index contributed by atoms with van der Waals surface area (Å²) in [6.07, 6.45) is 0. The van der Waals surface area contributed by atoms with E-state index in [1.54, 1.807) is 0 Å². The van der Waals surface area contributed by atoms with E-state index in [0.717, 1.165) is 21.9 Å². The van der Waals surface area contributed by atoms with E-state index in [-0.39, 0.29) is 0 Å². The van der Waals surface area contributed by atoms with Crippen molar-refractivity contribution in [2.75, 3.05) is 0 Å². The molecule has 0 N–H and O–H groups in total. The highest BCUT2D eigenvalue weighted by atomic mass is 32.1. The van der Waals surface area contributed by atoms with Crippen molar-refractivity contribution in [3.8, 4) is 33.4 Å². The minimum Gasteiger partial charge on any atom is -0.455 e. The molecule has 0 saturated carbocycles. The Hall–Kier alpha value is -6.74. The van der Waals surface area contributed by atoms with Crippen molar-refractivity contribution in [1.29, 1.82) is 0 Å². The van der Waals surface area contributed by atoms with Gasteiger partial charge in [-0.2, -0.15) is 0 Å². The lowest BCUT2D eigenvalue weighted by molar-refractivity contribution is 0.673. The summed E-state index contributed by atoms with van der Waals surface area (Å²) in [7, 11) is 0. The van der Waals surface area contributed by atoms with E-state index >= 15 is 0 Å². The number of hydrogen-bond donors (Lipinski definition) is 0. The molecule has 0 fully saturated rings. The monoisotopic (exact) mass is 704 g/mol. The summed E-state index contributed by atoms with van der Waals surface area (Å²) in [5.74, 6) is 0. The van der Waals surface area contributed by atoms with Gasteiger partial charge in [-0.25, -0.2) is 0 Å². The zero-order chi connectivity index (χ0) is 35.6. The van der Waals surface area contributed by atoms with E-state index in [9.17, 15) is 0 Å². The molecular formula is C52H32OS. The first-order valence-electron chi connectivity index (χ1n) is 18.4. The average molecular weight is 705 g/mol. The van der Waals surface area contributed by atoms with E-state index in [2.05, 4.69) is 188 Å². The van der Waals surface area contributed by atoms with Crippen molar-refractivity contribution in [3.05, 3.63) is 194 Å². The maximum absolute atomic E-state index is 6.41. The van der Waals surface area contributed by atoms with E-state index < -0.39 is 0 Å². The van der Waals surface area contributed by atoms with Crippen molar-refractivity contribution in [1.82, 2.24) is 0 Å². The molecule has 0 spiro atoms. The van der Waals surface area contributed by atoms with Gasteiger partial charge in [0.05, 0.1) is 0 Å². The Morgan fingerprint density at radius 2 is 0.926 bits per heavy atom. The lowest BCUT2D eigenvalue weighted by Gasteiger charge is -2.12. The highest BCUT2D eigenvalue weighted by Crippen LogP contribution is 2.42. The smallest absolute Gasteiger partial charge is 0.143 e. The van der Waals surface area contributed by atoms with Gasteiger partial charge >= 0.3 is 0 Å². The van der Waals surface area contributed by atoms with Crippen LogP contribution in [0.1, 0.15) is 0 Å². The molecule has 11 rings (SSSR count). The van der Waals surface area contributed by atoms with Crippen molar-refractivity contribution in [2.24, 2.45) is 0 Å². The fraction of sp³-hybridized carbons (Fsp3) is 0. The first-order chi connectivity index (χ1) is 26.8. The summed E-state index contributed by atoms with van der Waals surface area (Å²) in [5, 5.41) is 12.2. The molecule has 9 aromatic carbocycles. The molecule has 2 heterocycles. The standard InChI is InChI=1S/C52H32OS/c1-2-4-19-42(41-23-12-14-33-13-5-6-18-38(33)41)43-21-8-7-20-40(43)39(17-3-1)36-16-11-15-34(29-36)35-26-28-50-47(30-35)48-31-37-25-27-45-44-22-9-10-24-49(44)53-52(45)46(37)32-51(48)54-50/h1-32H. The van der Waals surface area contributed by atoms with Crippen LogP contribution in [0, 0.1) is 0 Å². The van der Waals surface area contributed by atoms with Crippen LogP contribution in [0.4, 0.5) is 0 Å². The van der Waals surface area contributed by atoms with E-state index in [1.165, 1.54) is 85.9 Å². The van der Waals surface area contributed by atoms with Crippen LogP contribution in [-0.4, -0.2) is 0 Å². The van der Waals surface area contributed by atoms with Gasteiger partial charge in [0.15, 0.2) is 0 Å². The SMILES string of the molecule is c1cccc(-c2cccc3ccccc23)c2ccccc2c(-c2cccc(-c3ccc4sc5cc6c(ccc7c8ccccc8oc67)cc5c4c3)c2)cc1. The zero-order valence-electron chi connectivity index (χ0n) is 29.3. The summed E-state index contributed by atoms with van der Waals surface area (Å²) < 4.78 is 8.97. The number of fused-ring (bicyclic) bond motifs is 10. The molecular weight excluding hydrogens is 673 g/mol. The van der Waals surface area contributed by atoms with Crippen LogP contribution in [0.3, 0.4) is 0 Å². The molecule has 0 amide bonds. The Labute approximate surface area is 316 Å². The number of benzene rings is 8. The minimum absolute atomic E-state index is 0.933. The number of furan rings is 1. The molecule has 1 nitrogen and oxygen atoms in total. The Bertz CT molecular complexity index is 3340. The molecule has 0 aliphatic rings. The second kappa shape index (κ2) is 12.4. The average Bonchev–Trinajstić information content (AvgIpc) is 3.79. The summed E-state index contributed by atoms with van der Waals surface area (Å²) >= 11 is 1.85. The molecule has 2 heteroatoms. The lowest BCUT2D eigenvalue weighted by Crippen LogP contribution is -1.85. The van der Waals surface area contributed by atoms with Crippen LogP contribution in [0.25, 0.3) is 108 Å². The maximum Gasteiger partial charge on any atom is 0.143 e. The fourth-order valence-corrected chi connectivity index (χ4v) is 9.44. The van der Waals surface area contributed by atoms with Gasteiger partial charge in [0, 0.05) is 36.3 Å². The quantitative estimate of drug-likeness (QED) is 0.178. The van der Waals surface area contributed by atoms with Gasteiger partial charge in [0.25, 0.3) is 0 Å². The Kier molecular flexibility index (Phi) is 7.11. The third kappa shape index (κ3) is 4.99. The molecule has 0 radical (unpaired) electrons. The third-order valence-electron chi connectivity index (χ3n) is 10.9. The Morgan fingerprint density at radius 3 is 1.81 bits per heavy atom. The van der Waals surface area contributed by atoms with Gasteiger partial charge in [-0.1, -0.05) is 152 Å². The normalized spacial score (nSPS) is 11.7. The Balaban J connectivity index is 1.07. The van der Waals surface area contributed by atoms with E-state index in [1.807, 2.05) is 17.4 Å². The molecule has 2 aromatic heterocycles. The molecule has 0 aliphatic heterocycles. The van der Waals surface area contributed by atoms with Crippen LogP contribution >= 0.6 is 11.3 Å². The molecule has 11 aromatic rings. The van der Waals surface area contributed by atoms with Gasteiger partial charge in [-0.05, 0) is 103 Å². The van der Waals surface area contributed by atoms with Crippen LogP contribution in [0.5, 0.6) is 0 Å². The summed E-state index contributed by atoms with van der Waals surface area (Å²) in [6.45, 7) is 0. The molecule has 0 unspecified atom stereocenters. The van der Waals surface area contributed by atoms with Crippen LogP contribution in [0.15, 0.2) is 199 Å². The van der Waals surface area contributed by atoms with Gasteiger partial charge in [0.1, 0.15) is 11.2 Å². The second-order valence-electron chi connectivity index (χ2n) is 14.0. The van der Waals surface area contributed by atoms with Gasteiger partial charge < -0.3 is 4.42 Å². The largest absolute Gasteiger partial charge is 0.455 e. The molecule has 252 valence electrons.